The fraction of sp³-hybridized carbons (Fsp3) is 0.462. The molecule has 1 aromatic carbocycles. The Morgan fingerprint density at radius 1 is 1.35 bits per heavy atom. The van der Waals surface area contributed by atoms with Crippen molar-refractivity contribution in [2.45, 2.75) is 31.5 Å². The van der Waals surface area contributed by atoms with Gasteiger partial charge in [-0.25, -0.2) is 0 Å². The normalized spacial score (nSPS) is 22.9. The van der Waals surface area contributed by atoms with Crippen molar-refractivity contribution in [3.63, 3.8) is 0 Å². The van der Waals surface area contributed by atoms with Gasteiger partial charge in [-0.3, -0.25) is 4.79 Å². The van der Waals surface area contributed by atoms with E-state index in [4.69, 9.17) is 17.3 Å². The molecule has 110 valence electrons. The lowest BCUT2D eigenvalue weighted by atomic mass is 10.1. The smallest absolute Gasteiger partial charge is 0.328 e. The molecule has 0 bridgehead atoms. The highest BCUT2D eigenvalue weighted by molar-refractivity contribution is 6.33. The summed E-state index contributed by atoms with van der Waals surface area (Å²) in [5, 5.41) is 2.54. The molecule has 1 amide bonds. The molecule has 0 spiro atoms. The van der Waals surface area contributed by atoms with E-state index in [0.29, 0.717) is 12.8 Å². The quantitative estimate of drug-likeness (QED) is 0.879. The number of carbonyl (C=O) groups excluding carboxylic acids is 1. The van der Waals surface area contributed by atoms with Gasteiger partial charge in [-0.1, -0.05) is 11.6 Å². The molecule has 1 aromatic rings. The Bertz CT molecular complexity index is 519. The molecule has 2 unspecified atom stereocenters. The lowest BCUT2D eigenvalue weighted by Gasteiger charge is -2.14. The number of alkyl halides is 3. The van der Waals surface area contributed by atoms with Gasteiger partial charge in [-0.2, -0.15) is 13.2 Å². The van der Waals surface area contributed by atoms with Gasteiger partial charge in [0.15, 0.2) is 0 Å². The van der Waals surface area contributed by atoms with Crippen LogP contribution in [0.15, 0.2) is 18.2 Å². The molecule has 1 aliphatic carbocycles. The minimum Gasteiger partial charge on any atom is -0.328 e. The average Bonchev–Trinajstić information content (AvgIpc) is 2.77. The maximum Gasteiger partial charge on any atom is 0.416 e. The van der Waals surface area contributed by atoms with Gasteiger partial charge < -0.3 is 11.1 Å². The zero-order valence-corrected chi connectivity index (χ0v) is 11.3. The molecule has 0 radical (unpaired) electrons. The van der Waals surface area contributed by atoms with Crippen LogP contribution in [0.2, 0.25) is 5.02 Å². The molecule has 0 saturated heterocycles. The second kappa shape index (κ2) is 5.61. The number of hydrogen-bond donors (Lipinski definition) is 2. The molecule has 3 nitrogen and oxygen atoms in total. The van der Waals surface area contributed by atoms with Crippen LogP contribution in [-0.4, -0.2) is 11.9 Å². The Hall–Kier alpha value is -1.27. The number of anilines is 1. The van der Waals surface area contributed by atoms with Crippen molar-refractivity contribution in [1.29, 1.82) is 0 Å². The van der Waals surface area contributed by atoms with E-state index in [2.05, 4.69) is 5.32 Å². The van der Waals surface area contributed by atoms with Gasteiger partial charge in [0.25, 0.3) is 0 Å². The Kier molecular flexibility index (Phi) is 4.25. The highest BCUT2D eigenvalue weighted by atomic mass is 35.5. The predicted octanol–water partition coefficient (Wildman–Crippen LogP) is 3.42. The fourth-order valence-corrected chi connectivity index (χ4v) is 2.45. The maximum atomic E-state index is 12.6. The molecule has 3 N–H and O–H groups in total. The molecule has 7 heteroatoms. The van der Waals surface area contributed by atoms with E-state index in [1.54, 1.807) is 0 Å². The summed E-state index contributed by atoms with van der Waals surface area (Å²) in [7, 11) is 0. The van der Waals surface area contributed by atoms with E-state index < -0.39 is 11.7 Å². The van der Waals surface area contributed by atoms with Crippen molar-refractivity contribution in [3.05, 3.63) is 28.8 Å². The lowest BCUT2D eigenvalue weighted by Crippen LogP contribution is -2.23. The number of carbonyl (C=O) groups is 1. The summed E-state index contributed by atoms with van der Waals surface area (Å²) in [4.78, 5) is 12.0. The van der Waals surface area contributed by atoms with Crippen molar-refractivity contribution < 1.29 is 18.0 Å². The zero-order chi connectivity index (χ0) is 14.9. The van der Waals surface area contributed by atoms with Gasteiger partial charge in [0.1, 0.15) is 0 Å². The van der Waals surface area contributed by atoms with Gasteiger partial charge in [-0.05, 0) is 37.5 Å². The van der Waals surface area contributed by atoms with Crippen LogP contribution in [0, 0.1) is 5.92 Å². The van der Waals surface area contributed by atoms with Gasteiger partial charge in [0.05, 0.1) is 16.3 Å². The number of amides is 1. The van der Waals surface area contributed by atoms with E-state index >= 15 is 0 Å². The van der Waals surface area contributed by atoms with Crippen molar-refractivity contribution in [1.82, 2.24) is 0 Å². The van der Waals surface area contributed by atoms with Crippen molar-refractivity contribution in [2.24, 2.45) is 11.7 Å². The first kappa shape index (κ1) is 15.1. The first-order chi connectivity index (χ1) is 9.27. The van der Waals surface area contributed by atoms with Crippen molar-refractivity contribution in [3.8, 4) is 0 Å². The van der Waals surface area contributed by atoms with Crippen molar-refractivity contribution >= 4 is 23.2 Å². The first-order valence-corrected chi connectivity index (χ1v) is 6.58. The summed E-state index contributed by atoms with van der Waals surface area (Å²) in [6.45, 7) is 0. The highest BCUT2D eigenvalue weighted by Crippen LogP contribution is 2.34. The Labute approximate surface area is 119 Å². The molecule has 1 aliphatic rings. The third-order valence-corrected chi connectivity index (χ3v) is 3.73. The monoisotopic (exact) mass is 306 g/mol. The van der Waals surface area contributed by atoms with E-state index in [-0.39, 0.29) is 28.6 Å². The number of nitrogens with one attached hydrogen (secondary N) is 1. The molecule has 0 aromatic heterocycles. The maximum absolute atomic E-state index is 12.6. The molecule has 2 rings (SSSR count). The van der Waals surface area contributed by atoms with Crippen LogP contribution in [0.4, 0.5) is 18.9 Å². The zero-order valence-electron chi connectivity index (χ0n) is 10.5. The standard InChI is InChI=1S/C13H14ClF3N2O/c14-10-4-2-8(13(15,16)17)6-11(10)19-12(20)7-1-3-9(18)5-7/h2,4,6-7,9H,1,3,5,18H2,(H,19,20). The number of benzene rings is 1. The van der Waals surface area contributed by atoms with E-state index in [0.717, 1.165) is 24.6 Å². The third-order valence-electron chi connectivity index (χ3n) is 3.40. The molecule has 0 aliphatic heterocycles. The lowest BCUT2D eigenvalue weighted by molar-refractivity contribution is -0.137. The molecule has 1 fully saturated rings. The molecule has 20 heavy (non-hydrogen) atoms. The van der Waals surface area contributed by atoms with Gasteiger partial charge >= 0.3 is 6.18 Å². The number of rotatable bonds is 2. The van der Waals surface area contributed by atoms with Crippen LogP contribution in [0.5, 0.6) is 0 Å². The van der Waals surface area contributed by atoms with Crippen LogP contribution in [0.3, 0.4) is 0 Å². The third kappa shape index (κ3) is 3.43. The topological polar surface area (TPSA) is 55.1 Å². The summed E-state index contributed by atoms with van der Waals surface area (Å²) in [6, 6.07) is 2.82. The van der Waals surface area contributed by atoms with Gasteiger partial charge in [0, 0.05) is 12.0 Å². The van der Waals surface area contributed by atoms with Crippen LogP contribution in [-0.2, 0) is 11.0 Å². The number of halogens is 4. The Morgan fingerprint density at radius 2 is 2.05 bits per heavy atom. The summed E-state index contributed by atoms with van der Waals surface area (Å²) in [6.07, 6.45) is -2.54. The first-order valence-electron chi connectivity index (χ1n) is 6.20. The van der Waals surface area contributed by atoms with E-state index in [9.17, 15) is 18.0 Å². The molecule has 0 heterocycles. The largest absolute Gasteiger partial charge is 0.416 e. The average molecular weight is 307 g/mol. The van der Waals surface area contributed by atoms with Crippen LogP contribution < -0.4 is 11.1 Å². The van der Waals surface area contributed by atoms with Crippen LogP contribution >= 0.6 is 11.6 Å². The van der Waals surface area contributed by atoms with Crippen LogP contribution in [0.25, 0.3) is 0 Å². The van der Waals surface area contributed by atoms with Crippen molar-refractivity contribution in [2.75, 3.05) is 5.32 Å². The molecule has 2 atom stereocenters. The molecular formula is C13H14ClF3N2O. The van der Waals surface area contributed by atoms with Gasteiger partial charge in [-0.15, -0.1) is 0 Å². The summed E-state index contributed by atoms with van der Waals surface area (Å²) >= 11 is 5.82. The minimum atomic E-state index is -4.47. The second-order valence-electron chi connectivity index (χ2n) is 4.95. The summed E-state index contributed by atoms with van der Waals surface area (Å²) in [5.74, 6) is -0.602. The summed E-state index contributed by atoms with van der Waals surface area (Å²) in [5.41, 5.74) is 4.84. The highest BCUT2D eigenvalue weighted by Gasteiger charge is 2.32. The number of hydrogen-bond acceptors (Lipinski definition) is 2. The second-order valence-corrected chi connectivity index (χ2v) is 5.36. The SMILES string of the molecule is NC1CCC(C(=O)Nc2cc(C(F)(F)F)ccc2Cl)C1. The minimum absolute atomic E-state index is 0.0213. The molecular weight excluding hydrogens is 293 g/mol. The Morgan fingerprint density at radius 3 is 2.60 bits per heavy atom. The summed E-state index contributed by atoms with van der Waals surface area (Å²) < 4.78 is 37.9. The number of nitrogens with two attached hydrogens (primary N) is 1. The van der Waals surface area contributed by atoms with Gasteiger partial charge in [0.2, 0.25) is 5.91 Å². The van der Waals surface area contributed by atoms with E-state index in [1.165, 1.54) is 0 Å². The van der Waals surface area contributed by atoms with E-state index in [1.807, 2.05) is 0 Å². The Balaban J connectivity index is 2.14. The fourth-order valence-electron chi connectivity index (χ4n) is 2.29. The van der Waals surface area contributed by atoms with Crippen LogP contribution in [0.1, 0.15) is 24.8 Å². The molecule has 1 saturated carbocycles. The predicted molar refractivity (Wildman–Crippen MR) is 70.4 cm³/mol.